The number of anilines is 1. The van der Waals surface area contributed by atoms with Crippen LogP contribution >= 0.6 is 11.3 Å². The fraction of sp³-hybridized carbons (Fsp3) is 0.786. The van der Waals surface area contributed by atoms with Crippen molar-refractivity contribution in [1.29, 1.82) is 0 Å². The maximum atomic E-state index is 5.25. The summed E-state index contributed by atoms with van der Waals surface area (Å²) in [6.07, 6.45) is 1.14. The molecule has 6 heteroatoms. The molecule has 0 fully saturated rings. The molecule has 1 aromatic heterocycles. The van der Waals surface area contributed by atoms with Gasteiger partial charge in [0.2, 0.25) is 0 Å². The number of methoxy groups -OCH3 is 2. The lowest BCUT2D eigenvalue weighted by atomic mass is 10.3. The third-order valence-electron chi connectivity index (χ3n) is 2.99. The fourth-order valence-electron chi connectivity index (χ4n) is 1.93. The molecule has 1 aromatic rings. The van der Waals surface area contributed by atoms with Crippen LogP contribution in [0.1, 0.15) is 26.0 Å². The van der Waals surface area contributed by atoms with Crippen LogP contribution in [0.5, 0.6) is 0 Å². The molecule has 1 unspecified atom stereocenters. The highest BCUT2D eigenvalue weighted by Gasteiger charge is 2.17. The van der Waals surface area contributed by atoms with Crippen molar-refractivity contribution < 1.29 is 9.47 Å². The summed E-state index contributed by atoms with van der Waals surface area (Å²) in [5, 5.41) is 6.54. The Morgan fingerprint density at radius 3 is 2.85 bits per heavy atom. The smallest absolute Gasteiger partial charge is 0.185 e. The molecule has 20 heavy (non-hydrogen) atoms. The number of thiazole rings is 1. The van der Waals surface area contributed by atoms with E-state index < -0.39 is 0 Å². The molecule has 5 nitrogen and oxygen atoms in total. The lowest BCUT2D eigenvalue weighted by molar-refractivity contribution is 0.171. The molecule has 0 spiro atoms. The molecule has 0 radical (unpaired) electrons. The third-order valence-corrected chi connectivity index (χ3v) is 3.92. The Kier molecular flexibility index (Phi) is 8.77. The van der Waals surface area contributed by atoms with Crippen molar-refractivity contribution in [3.8, 4) is 0 Å². The van der Waals surface area contributed by atoms with Crippen LogP contribution in [0.15, 0.2) is 5.38 Å². The molecular formula is C14H27N3O2S. The Morgan fingerprint density at radius 1 is 1.40 bits per heavy atom. The summed E-state index contributed by atoms with van der Waals surface area (Å²) in [4.78, 5) is 6.96. The number of nitrogens with zero attached hydrogens (tertiary/aromatic N) is 2. The van der Waals surface area contributed by atoms with Gasteiger partial charge in [-0.2, -0.15) is 0 Å². The molecule has 1 atom stereocenters. The summed E-state index contributed by atoms with van der Waals surface area (Å²) >= 11 is 1.68. The van der Waals surface area contributed by atoms with E-state index in [0.29, 0.717) is 13.2 Å². The van der Waals surface area contributed by atoms with E-state index in [2.05, 4.69) is 29.4 Å². The second-order valence-corrected chi connectivity index (χ2v) is 5.63. The molecule has 0 saturated carbocycles. The van der Waals surface area contributed by atoms with E-state index in [4.69, 9.17) is 14.5 Å². The van der Waals surface area contributed by atoms with E-state index in [-0.39, 0.29) is 6.04 Å². The van der Waals surface area contributed by atoms with Gasteiger partial charge in [0.05, 0.1) is 24.9 Å². The number of rotatable bonds is 11. The Morgan fingerprint density at radius 2 is 2.20 bits per heavy atom. The summed E-state index contributed by atoms with van der Waals surface area (Å²) in [5.41, 5.74) is 1.10. The minimum atomic E-state index is 0.290. The maximum absolute atomic E-state index is 5.25. The van der Waals surface area contributed by atoms with Crippen LogP contribution in [-0.2, 0) is 16.0 Å². The Balaban J connectivity index is 2.64. The van der Waals surface area contributed by atoms with E-state index in [9.17, 15) is 0 Å². The predicted octanol–water partition coefficient (Wildman–Crippen LogP) is 2.13. The average molecular weight is 301 g/mol. The van der Waals surface area contributed by atoms with Gasteiger partial charge < -0.3 is 19.7 Å². The molecule has 0 saturated heterocycles. The molecule has 0 bridgehead atoms. The van der Waals surface area contributed by atoms with Gasteiger partial charge in [-0.3, -0.25) is 0 Å². The Hall–Kier alpha value is -0.690. The summed E-state index contributed by atoms with van der Waals surface area (Å²) in [6, 6.07) is 0.290. The largest absolute Gasteiger partial charge is 0.383 e. The average Bonchev–Trinajstić information content (AvgIpc) is 2.88. The van der Waals surface area contributed by atoms with Gasteiger partial charge >= 0.3 is 0 Å². The van der Waals surface area contributed by atoms with Crippen molar-refractivity contribution >= 4 is 16.5 Å². The molecule has 1 N–H and O–H groups in total. The van der Waals surface area contributed by atoms with Gasteiger partial charge in [0.1, 0.15) is 0 Å². The van der Waals surface area contributed by atoms with Crippen LogP contribution in [-0.4, -0.2) is 51.5 Å². The second-order valence-electron chi connectivity index (χ2n) is 4.79. The predicted molar refractivity (Wildman–Crippen MR) is 84.7 cm³/mol. The molecule has 116 valence electrons. The highest BCUT2D eigenvalue weighted by molar-refractivity contribution is 7.13. The molecule has 0 aliphatic carbocycles. The number of ether oxygens (including phenoxy) is 2. The van der Waals surface area contributed by atoms with Crippen molar-refractivity contribution in [2.45, 2.75) is 32.9 Å². The minimum absolute atomic E-state index is 0.290. The first-order chi connectivity index (χ1) is 9.72. The van der Waals surface area contributed by atoms with Crippen LogP contribution in [0.3, 0.4) is 0 Å². The molecule has 1 heterocycles. The van der Waals surface area contributed by atoms with Crippen LogP contribution in [0, 0.1) is 0 Å². The first-order valence-corrected chi connectivity index (χ1v) is 8.00. The molecule has 0 aromatic carbocycles. The van der Waals surface area contributed by atoms with Gasteiger partial charge in [0, 0.05) is 32.7 Å². The van der Waals surface area contributed by atoms with Gasteiger partial charge in [0.15, 0.2) is 5.13 Å². The molecule has 1 rings (SSSR count). The maximum Gasteiger partial charge on any atom is 0.185 e. The summed E-state index contributed by atoms with van der Waals surface area (Å²) < 4.78 is 10.4. The normalized spacial score (nSPS) is 12.6. The molecule has 0 aliphatic rings. The highest BCUT2D eigenvalue weighted by atomic mass is 32.1. The number of hydrogen-bond acceptors (Lipinski definition) is 6. The standard InChI is InChI=1S/C14H27N3O2S/c1-5-6-15-9-13-11-20-14(16-13)17(7-8-18-3)12(2)10-19-4/h11-12,15H,5-10H2,1-4H3. The van der Waals surface area contributed by atoms with Crippen LogP contribution in [0.4, 0.5) is 5.13 Å². The monoisotopic (exact) mass is 301 g/mol. The van der Waals surface area contributed by atoms with Gasteiger partial charge in [0.25, 0.3) is 0 Å². The van der Waals surface area contributed by atoms with Gasteiger partial charge in [-0.1, -0.05) is 6.92 Å². The van der Waals surface area contributed by atoms with E-state index in [1.165, 1.54) is 0 Å². The Bertz CT molecular complexity index is 360. The van der Waals surface area contributed by atoms with Crippen molar-refractivity contribution in [3.05, 3.63) is 11.1 Å². The topological polar surface area (TPSA) is 46.6 Å². The SMILES string of the molecule is CCCNCc1csc(N(CCOC)C(C)COC)n1. The van der Waals surface area contributed by atoms with Gasteiger partial charge in [-0.05, 0) is 19.9 Å². The lowest BCUT2D eigenvalue weighted by Gasteiger charge is -2.28. The first kappa shape index (κ1) is 17.4. The van der Waals surface area contributed by atoms with Gasteiger partial charge in [-0.15, -0.1) is 11.3 Å². The van der Waals surface area contributed by atoms with E-state index >= 15 is 0 Å². The summed E-state index contributed by atoms with van der Waals surface area (Å²) in [7, 11) is 3.45. The summed E-state index contributed by atoms with van der Waals surface area (Å²) in [5.74, 6) is 0. The quantitative estimate of drug-likeness (QED) is 0.635. The van der Waals surface area contributed by atoms with E-state index in [0.717, 1.165) is 36.9 Å². The lowest BCUT2D eigenvalue weighted by Crippen LogP contribution is -2.38. The second kappa shape index (κ2) is 10.1. The number of aromatic nitrogens is 1. The van der Waals surface area contributed by atoms with Crippen LogP contribution < -0.4 is 10.2 Å². The zero-order valence-corrected chi connectivity index (χ0v) is 13.8. The molecular weight excluding hydrogens is 274 g/mol. The van der Waals surface area contributed by atoms with Crippen molar-refractivity contribution in [3.63, 3.8) is 0 Å². The van der Waals surface area contributed by atoms with Crippen LogP contribution in [0.2, 0.25) is 0 Å². The minimum Gasteiger partial charge on any atom is -0.383 e. The summed E-state index contributed by atoms with van der Waals surface area (Å²) in [6.45, 7) is 8.38. The number of hydrogen-bond donors (Lipinski definition) is 1. The van der Waals surface area contributed by atoms with Crippen molar-refractivity contribution in [1.82, 2.24) is 10.3 Å². The fourth-order valence-corrected chi connectivity index (χ4v) is 2.88. The first-order valence-electron chi connectivity index (χ1n) is 7.12. The van der Waals surface area contributed by atoms with Gasteiger partial charge in [-0.25, -0.2) is 4.98 Å². The van der Waals surface area contributed by atoms with Crippen molar-refractivity contribution in [2.24, 2.45) is 0 Å². The zero-order chi connectivity index (χ0) is 14.8. The number of nitrogens with one attached hydrogen (secondary N) is 1. The Labute approximate surface area is 126 Å². The molecule has 0 amide bonds. The van der Waals surface area contributed by atoms with Crippen LogP contribution in [0.25, 0.3) is 0 Å². The van der Waals surface area contributed by atoms with Crippen molar-refractivity contribution in [2.75, 3.05) is 45.4 Å². The molecule has 0 aliphatic heterocycles. The van der Waals surface area contributed by atoms with E-state index in [1.54, 1.807) is 25.6 Å². The zero-order valence-electron chi connectivity index (χ0n) is 13.0. The highest BCUT2D eigenvalue weighted by Crippen LogP contribution is 2.22. The van der Waals surface area contributed by atoms with E-state index in [1.807, 2.05) is 0 Å². The third kappa shape index (κ3) is 5.75.